The Morgan fingerprint density at radius 2 is 1.97 bits per heavy atom. The highest BCUT2D eigenvalue weighted by molar-refractivity contribution is 7.99. The van der Waals surface area contributed by atoms with E-state index in [-0.39, 0.29) is 22.6 Å². The lowest BCUT2D eigenvalue weighted by Crippen LogP contribution is -2.40. The minimum atomic E-state index is -3.61. The third-order valence-electron chi connectivity index (χ3n) is 5.76. The van der Waals surface area contributed by atoms with Gasteiger partial charge >= 0.3 is 0 Å². The number of amides is 1. The Morgan fingerprint density at radius 1 is 1.22 bits per heavy atom. The molecule has 0 spiro atoms. The first-order valence-electron chi connectivity index (χ1n) is 11.0. The molecule has 174 valence electrons. The lowest BCUT2D eigenvalue weighted by molar-refractivity contribution is -0.118. The monoisotopic (exact) mass is 479 g/mol. The van der Waals surface area contributed by atoms with Gasteiger partial charge in [0.2, 0.25) is 15.9 Å². The molecule has 4 rings (SSSR count). The highest BCUT2D eigenvalue weighted by atomic mass is 32.2. The maximum absolute atomic E-state index is 13.1. The van der Waals surface area contributed by atoms with Gasteiger partial charge in [0.1, 0.15) is 0 Å². The molecule has 1 aliphatic carbocycles. The van der Waals surface area contributed by atoms with Gasteiger partial charge in [-0.15, -0.1) is 10.2 Å². The quantitative estimate of drug-likeness (QED) is 0.579. The highest BCUT2D eigenvalue weighted by Gasteiger charge is 2.29. The summed E-state index contributed by atoms with van der Waals surface area (Å²) >= 11 is 1.37. The molecule has 1 aromatic carbocycles. The van der Waals surface area contributed by atoms with Crippen LogP contribution in [0.15, 0.2) is 34.3 Å². The van der Waals surface area contributed by atoms with Crippen LogP contribution in [0.25, 0.3) is 11.4 Å². The summed E-state index contributed by atoms with van der Waals surface area (Å²) in [4.78, 5) is 12.2. The van der Waals surface area contributed by atoms with Crippen molar-refractivity contribution >= 4 is 27.7 Å². The maximum atomic E-state index is 13.1. The Balaban J connectivity index is 1.65. The van der Waals surface area contributed by atoms with Gasteiger partial charge in [-0.25, -0.2) is 8.42 Å². The number of carbonyl (C=O) groups excluding carboxylic acids is 1. The van der Waals surface area contributed by atoms with Crippen LogP contribution in [0, 0.1) is 0 Å². The fourth-order valence-electron chi connectivity index (χ4n) is 4.17. The van der Waals surface area contributed by atoms with E-state index in [1.807, 2.05) is 13.0 Å². The number of sulfonamides is 1. The lowest BCUT2D eigenvalue weighted by atomic mass is 10.2. The minimum Gasteiger partial charge on any atom is -0.379 e. The second-order valence-electron chi connectivity index (χ2n) is 7.90. The first-order chi connectivity index (χ1) is 15.5. The summed E-state index contributed by atoms with van der Waals surface area (Å²) < 4.78 is 35.1. The van der Waals surface area contributed by atoms with Crippen LogP contribution in [0.5, 0.6) is 0 Å². The van der Waals surface area contributed by atoms with Gasteiger partial charge in [0.15, 0.2) is 11.0 Å². The molecule has 32 heavy (non-hydrogen) atoms. The number of nitrogens with one attached hydrogen (secondary N) is 1. The number of benzene rings is 1. The van der Waals surface area contributed by atoms with Crippen molar-refractivity contribution in [2.45, 2.75) is 48.7 Å². The van der Waals surface area contributed by atoms with Crippen LogP contribution in [0.2, 0.25) is 0 Å². The van der Waals surface area contributed by atoms with Gasteiger partial charge < -0.3 is 10.1 Å². The van der Waals surface area contributed by atoms with Crippen LogP contribution < -0.4 is 5.32 Å². The van der Waals surface area contributed by atoms with Gasteiger partial charge in [-0.05, 0) is 31.9 Å². The zero-order valence-corrected chi connectivity index (χ0v) is 19.8. The Labute approximate surface area is 193 Å². The Morgan fingerprint density at radius 3 is 2.69 bits per heavy atom. The Kier molecular flexibility index (Phi) is 7.49. The number of thioether (sulfide) groups is 1. The zero-order chi connectivity index (χ0) is 22.6. The molecule has 2 fully saturated rings. The van der Waals surface area contributed by atoms with Gasteiger partial charge in [-0.2, -0.15) is 4.31 Å². The molecule has 9 nitrogen and oxygen atoms in total. The third-order valence-corrected chi connectivity index (χ3v) is 8.60. The predicted molar refractivity (Wildman–Crippen MR) is 122 cm³/mol. The normalized spacial score (nSPS) is 18.2. The largest absolute Gasteiger partial charge is 0.379 e. The van der Waals surface area contributed by atoms with E-state index >= 15 is 0 Å². The summed E-state index contributed by atoms with van der Waals surface area (Å²) in [5, 5.41) is 12.3. The Hall–Kier alpha value is -1.95. The summed E-state index contributed by atoms with van der Waals surface area (Å²) in [6, 6.07) is 7.16. The van der Waals surface area contributed by atoms with Gasteiger partial charge in [0.25, 0.3) is 0 Å². The van der Waals surface area contributed by atoms with E-state index < -0.39 is 10.0 Å². The lowest BCUT2D eigenvalue weighted by Gasteiger charge is -2.26. The van der Waals surface area contributed by atoms with Crippen LogP contribution in [0.1, 0.15) is 38.6 Å². The predicted octanol–water partition coefficient (Wildman–Crippen LogP) is 2.31. The molecule has 0 unspecified atom stereocenters. The summed E-state index contributed by atoms with van der Waals surface area (Å²) in [5.41, 5.74) is 0.712. The van der Waals surface area contributed by atoms with E-state index in [9.17, 15) is 13.2 Å². The van der Waals surface area contributed by atoms with Crippen LogP contribution in [-0.4, -0.2) is 72.0 Å². The average molecular weight is 480 g/mol. The van der Waals surface area contributed by atoms with E-state index in [2.05, 4.69) is 20.1 Å². The van der Waals surface area contributed by atoms with Crippen LogP contribution in [-0.2, 0) is 19.6 Å². The van der Waals surface area contributed by atoms with Crippen molar-refractivity contribution in [2.24, 2.45) is 0 Å². The molecule has 1 saturated carbocycles. The highest BCUT2D eigenvalue weighted by Crippen LogP contribution is 2.37. The molecule has 11 heteroatoms. The topological polar surface area (TPSA) is 106 Å². The van der Waals surface area contributed by atoms with Crippen molar-refractivity contribution in [1.29, 1.82) is 0 Å². The molecule has 0 bridgehead atoms. The SMILES string of the molecule is CCNC(=O)CSc1nnc(-c2cccc(S(=O)(=O)N3CCOCC3)c2)n1C1CCCC1. The number of hydrogen-bond acceptors (Lipinski definition) is 7. The molecule has 0 radical (unpaired) electrons. The van der Waals surface area contributed by atoms with E-state index in [1.165, 1.54) is 16.1 Å². The molecule has 1 saturated heterocycles. The number of hydrogen-bond donors (Lipinski definition) is 1. The van der Waals surface area contributed by atoms with Crippen molar-refractivity contribution < 1.29 is 17.9 Å². The summed E-state index contributed by atoms with van der Waals surface area (Å²) in [6.07, 6.45) is 4.30. The summed E-state index contributed by atoms with van der Waals surface area (Å²) in [5.74, 6) is 0.873. The maximum Gasteiger partial charge on any atom is 0.243 e. The number of aromatic nitrogens is 3. The van der Waals surface area contributed by atoms with Gasteiger partial charge in [-0.1, -0.05) is 36.7 Å². The third kappa shape index (κ3) is 5.00. The van der Waals surface area contributed by atoms with Crippen LogP contribution >= 0.6 is 11.8 Å². The van der Waals surface area contributed by atoms with E-state index in [0.717, 1.165) is 25.7 Å². The Bertz CT molecular complexity index is 1040. The smallest absolute Gasteiger partial charge is 0.243 e. The average Bonchev–Trinajstić information content (AvgIpc) is 3.48. The number of ether oxygens (including phenoxy) is 1. The minimum absolute atomic E-state index is 0.0429. The molecule has 2 aliphatic rings. The number of morpholine rings is 1. The second kappa shape index (κ2) is 10.3. The molecule has 1 N–H and O–H groups in total. The zero-order valence-electron chi connectivity index (χ0n) is 18.2. The first kappa shape index (κ1) is 23.2. The summed E-state index contributed by atoms with van der Waals surface area (Å²) in [7, 11) is -3.61. The molecule has 0 atom stereocenters. The first-order valence-corrected chi connectivity index (χ1v) is 13.5. The summed E-state index contributed by atoms with van der Waals surface area (Å²) in [6.45, 7) is 3.99. The van der Waals surface area contributed by atoms with Crippen molar-refractivity contribution in [3.8, 4) is 11.4 Å². The molecule has 1 amide bonds. The molecule has 2 heterocycles. The molecule has 2 aromatic rings. The van der Waals surface area contributed by atoms with E-state index in [4.69, 9.17) is 4.74 Å². The molecule has 1 aliphatic heterocycles. The van der Waals surface area contributed by atoms with E-state index in [0.29, 0.717) is 49.4 Å². The van der Waals surface area contributed by atoms with Gasteiger partial charge in [0, 0.05) is 31.2 Å². The van der Waals surface area contributed by atoms with Crippen molar-refractivity contribution in [3.05, 3.63) is 24.3 Å². The fourth-order valence-corrected chi connectivity index (χ4v) is 6.46. The molecular weight excluding hydrogens is 450 g/mol. The van der Waals surface area contributed by atoms with E-state index in [1.54, 1.807) is 18.2 Å². The van der Waals surface area contributed by atoms with Crippen molar-refractivity contribution in [3.63, 3.8) is 0 Å². The molecule has 1 aromatic heterocycles. The van der Waals surface area contributed by atoms with Crippen molar-refractivity contribution in [2.75, 3.05) is 38.6 Å². The number of nitrogens with zero attached hydrogens (tertiary/aromatic N) is 4. The van der Waals surface area contributed by atoms with Gasteiger partial charge in [0.05, 0.1) is 23.9 Å². The molecular formula is C21H29N5O4S2. The standard InChI is InChI=1S/C21H29N5O4S2/c1-2-22-19(27)15-31-21-24-23-20(26(21)17-7-3-4-8-17)16-6-5-9-18(14-16)32(28,29)25-10-12-30-13-11-25/h5-6,9,14,17H,2-4,7-8,10-13,15H2,1H3,(H,22,27). The fraction of sp³-hybridized carbons (Fsp3) is 0.571. The van der Waals surface area contributed by atoms with Gasteiger partial charge in [-0.3, -0.25) is 9.36 Å². The van der Waals surface area contributed by atoms with Crippen LogP contribution in [0.3, 0.4) is 0 Å². The van der Waals surface area contributed by atoms with Crippen molar-refractivity contribution in [1.82, 2.24) is 24.4 Å². The van der Waals surface area contributed by atoms with Crippen LogP contribution in [0.4, 0.5) is 0 Å². The second-order valence-corrected chi connectivity index (χ2v) is 10.8. The number of rotatable bonds is 8. The number of carbonyl (C=O) groups is 1.